The number of amides is 1. The Morgan fingerprint density at radius 3 is 2.85 bits per heavy atom. The highest BCUT2D eigenvalue weighted by Crippen LogP contribution is 2.26. The molecule has 2 atom stereocenters. The predicted octanol–water partition coefficient (Wildman–Crippen LogP) is 3.48. The van der Waals surface area contributed by atoms with E-state index in [2.05, 4.69) is 16.5 Å². The number of thioether (sulfide) groups is 1. The zero-order valence-electron chi connectivity index (χ0n) is 15.2. The Morgan fingerprint density at radius 1 is 1.22 bits per heavy atom. The first-order valence-corrected chi connectivity index (χ1v) is 10.4. The van der Waals surface area contributed by atoms with Gasteiger partial charge < -0.3 is 15.5 Å². The molecule has 6 heteroatoms. The van der Waals surface area contributed by atoms with Gasteiger partial charge in [0.1, 0.15) is 5.65 Å². The average molecular weight is 381 g/mol. The lowest BCUT2D eigenvalue weighted by Crippen LogP contribution is -2.39. The van der Waals surface area contributed by atoms with Crippen molar-refractivity contribution in [3.63, 3.8) is 0 Å². The lowest BCUT2D eigenvalue weighted by molar-refractivity contribution is 0.0928. The highest BCUT2D eigenvalue weighted by molar-refractivity contribution is 7.98. The van der Waals surface area contributed by atoms with E-state index in [0.717, 1.165) is 41.3 Å². The highest BCUT2D eigenvalue weighted by atomic mass is 32.2. The smallest absolute Gasteiger partial charge is 0.251 e. The number of pyridine rings is 1. The Hall–Kier alpha value is -2.31. The van der Waals surface area contributed by atoms with Gasteiger partial charge in [-0.2, -0.15) is 0 Å². The number of benzene rings is 1. The van der Waals surface area contributed by atoms with Crippen LogP contribution in [0, 0.1) is 5.92 Å². The van der Waals surface area contributed by atoms with Gasteiger partial charge in [-0.3, -0.25) is 4.79 Å². The first-order valence-electron chi connectivity index (χ1n) is 9.39. The van der Waals surface area contributed by atoms with Crippen LogP contribution in [0.4, 0.5) is 0 Å². The van der Waals surface area contributed by atoms with E-state index in [9.17, 15) is 4.79 Å². The van der Waals surface area contributed by atoms with Crippen LogP contribution in [0.2, 0.25) is 0 Å². The van der Waals surface area contributed by atoms with Crippen molar-refractivity contribution in [2.75, 3.05) is 6.54 Å². The molecule has 0 spiro atoms. The van der Waals surface area contributed by atoms with Crippen molar-refractivity contribution in [1.29, 1.82) is 0 Å². The highest BCUT2D eigenvalue weighted by Gasteiger charge is 2.27. The Labute approximate surface area is 163 Å². The largest absolute Gasteiger partial charge is 0.349 e. The van der Waals surface area contributed by atoms with Gasteiger partial charge in [0.2, 0.25) is 0 Å². The molecule has 1 aromatic carbocycles. The number of nitrogens with zero attached hydrogens (tertiary/aromatic N) is 2. The summed E-state index contributed by atoms with van der Waals surface area (Å²) in [7, 11) is 0. The third kappa shape index (κ3) is 4.17. The summed E-state index contributed by atoms with van der Waals surface area (Å²) in [5.74, 6) is 1.21. The number of rotatable bonds is 6. The van der Waals surface area contributed by atoms with Crippen LogP contribution in [0.15, 0.2) is 59.8 Å². The molecule has 1 amide bonds. The molecule has 1 aliphatic rings. The average Bonchev–Trinajstić information content (AvgIpc) is 3.32. The number of carbonyl (C=O) groups excluding carboxylic acids is 1. The summed E-state index contributed by atoms with van der Waals surface area (Å²) in [4.78, 5) is 18.2. The van der Waals surface area contributed by atoms with Gasteiger partial charge in [0, 0.05) is 34.6 Å². The molecule has 3 N–H and O–H groups in total. The Kier molecular flexibility index (Phi) is 5.45. The zero-order chi connectivity index (χ0) is 18.6. The summed E-state index contributed by atoms with van der Waals surface area (Å²) in [6, 6.07) is 14.0. The van der Waals surface area contributed by atoms with E-state index in [-0.39, 0.29) is 11.9 Å². The molecule has 3 aromatic rings. The molecule has 5 nitrogen and oxygen atoms in total. The molecule has 140 valence electrons. The third-order valence-corrected chi connectivity index (χ3v) is 6.24. The molecule has 4 rings (SSSR count). The summed E-state index contributed by atoms with van der Waals surface area (Å²) >= 11 is 1.72. The molecule has 2 heterocycles. The molecule has 0 aliphatic heterocycles. The maximum atomic E-state index is 12.5. The molecular formula is C21H24N4OS. The SMILES string of the molecule is NCC1CCCC1NC(=O)c1ccc(SCc2cn3ccccc3n2)cc1. The van der Waals surface area contributed by atoms with Crippen LogP contribution in [-0.2, 0) is 5.75 Å². The van der Waals surface area contributed by atoms with Gasteiger partial charge in [-0.15, -0.1) is 11.8 Å². The lowest BCUT2D eigenvalue weighted by Gasteiger charge is -2.19. The molecule has 0 bridgehead atoms. The van der Waals surface area contributed by atoms with E-state index in [1.807, 2.05) is 53.1 Å². The van der Waals surface area contributed by atoms with Crippen LogP contribution in [0.1, 0.15) is 35.3 Å². The van der Waals surface area contributed by atoms with Crippen molar-refractivity contribution >= 4 is 23.3 Å². The number of imidazole rings is 1. The van der Waals surface area contributed by atoms with Crippen molar-refractivity contribution in [2.24, 2.45) is 11.7 Å². The third-order valence-electron chi connectivity index (χ3n) is 5.20. The molecule has 0 radical (unpaired) electrons. The van der Waals surface area contributed by atoms with Gasteiger partial charge in [-0.05, 0) is 61.7 Å². The van der Waals surface area contributed by atoms with Crippen molar-refractivity contribution in [2.45, 2.75) is 36.0 Å². The topological polar surface area (TPSA) is 72.4 Å². The number of hydrogen-bond donors (Lipinski definition) is 2. The summed E-state index contributed by atoms with van der Waals surface area (Å²) in [5.41, 5.74) is 8.51. The van der Waals surface area contributed by atoms with E-state index in [1.165, 1.54) is 0 Å². The monoisotopic (exact) mass is 380 g/mol. The van der Waals surface area contributed by atoms with Gasteiger partial charge in [-0.25, -0.2) is 4.98 Å². The van der Waals surface area contributed by atoms with Crippen LogP contribution in [-0.4, -0.2) is 27.9 Å². The fourth-order valence-corrected chi connectivity index (χ4v) is 4.46. The molecule has 1 fully saturated rings. The second-order valence-electron chi connectivity index (χ2n) is 7.02. The fraction of sp³-hybridized carbons (Fsp3) is 0.333. The second-order valence-corrected chi connectivity index (χ2v) is 8.07. The number of carbonyl (C=O) groups is 1. The Bertz CT molecular complexity index is 888. The minimum Gasteiger partial charge on any atom is -0.349 e. The van der Waals surface area contributed by atoms with Crippen LogP contribution in [0.5, 0.6) is 0 Å². The first kappa shape index (κ1) is 18.1. The van der Waals surface area contributed by atoms with E-state index in [1.54, 1.807) is 11.8 Å². The zero-order valence-corrected chi connectivity index (χ0v) is 16.0. The Morgan fingerprint density at radius 2 is 2.07 bits per heavy atom. The van der Waals surface area contributed by atoms with Gasteiger partial charge in [0.05, 0.1) is 5.69 Å². The van der Waals surface area contributed by atoms with E-state index in [4.69, 9.17) is 5.73 Å². The van der Waals surface area contributed by atoms with Gasteiger partial charge in [0.25, 0.3) is 5.91 Å². The summed E-state index contributed by atoms with van der Waals surface area (Å²) in [5, 5.41) is 3.15. The first-order chi connectivity index (χ1) is 13.2. The Balaban J connectivity index is 1.35. The number of aromatic nitrogens is 2. The van der Waals surface area contributed by atoms with Gasteiger partial charge >= 0.3 is 0 Å². The van der Waals surface area contributed by atoms with Crippen molar-refractivity contribution in [1.82, 2.24) is 14.7 Å². The van der Waals surface area contributed by atoms with Crippen LogP contribution in [0.3, 0.4) is 0 Å². The van der Waals surface area contributed by atoms with Crippen molar-refractivity contribution in [3.05, 3.63) is 66.1 Å². The molecule has 0 saturated heterocycles. The van der Waals surface area contributed by atoms with Gasteiger partial charge in [0.15, 0.2) is 0 Å². The normalized spacial score (nSPS) is 19.4. The minimum atomic E-state index is -0.00255. The van der Waals surface area contributed by atoms with E-state index in [0.29, 0.717) is 18.0 Å². The number of hydrogen-bond acceptors (Lipinski definition) is 4. The second kappa shape index (κ2) is 8.15. The molecule has 2 unspecified atom stereocenters. The number of nitrogens with two attached hydrogens (primary N) is 1. The predicted molar refractivity (Wildman–Crippen MR) is 109 cm³/mol. The maximum Gasteiger partial charge on any atom is 0.251 e. The van der Waals surface area contributed by atoms with Crippen LogP contribution in [0.25, 0.3) is 5.65 Å². The molecule has 1 aliphatic carbocycles. The summed E-state index contributed by atoms with van der Waals surface area (Å²) in [6.07, 6.45) is 7.34. The van der Waals surface area contributed by atoms with E-state index >= 15 is 0 Å². The maximum absolute atomic E-state index is 12.5. The minimum absolute atomic E-state index is 0.00255. The summed E-state index contributed by atoms with van der Waals surface area (Å²) < 4.78 is 2.03. The number of fused-ring (bicyclic) bond motifs is 1. The van der Waals surface area contributed by atoms with Crippen LogP contribution < -0.4 is 11.1 Å². The fourth-order valence-electron chi connectivity index (χ4n) is 3.68. The van der Waals surface area contributed by atoms with E-state index < -0.39 is 0 Å². The lowest BCUT2D eigenvalue weighted by atomic mass is 10.0. The quantitative estimate of drug-likeness (QED) is 0.642. The number of nitrogens with one attached hydrogen (secondary N) is 1. The summed E-state index contributed by atoms with van der Waals surface area (Å²) in [6.45, 7) is 0.642. The van der Waals surface area contributed by atoms with Crippen LogP contribution >= 0.6 is 11.8 Å². The molecule has 27 heavy (non-hydrogen) atoms. The molecular weight excluding hydrogens is 356 g/mol. The molecule has 2 aromatic heterocycles. The van der Waals surface area contributed by atoms with Gasteiger partial charge in [-0.1, -0.05) is 12.5 Å². The molecule has 1 saturated carbocycles. The van der Waals surface area contributed by atoms with Crippen molar-refractivity contribution < 1.29 is 4.79 Å². The van der Waals surface area contributed by atoms with Crippen molar-refractivity contribution in [3.8, 4) is 0 Å². The standard InChI is InChI=1S/C21H24N4OS/c22-12-16-4-3-5-19(16)24-21(26)15-7-9-18(10-8-15)27-14-17-13-25-11-2-1-6-20(25)23-17/h1-2,6-11,13,16,19H,3-5,12,14,22H2,(H,24,26).